The largest absolute Gasteiger partial charge is 0.493 e. The fourth-order valence-corrected chi connectivity index (χ4v) is 1.07. The van der Waals surface area contributed by atoms with Crippen molar-refractivity contribution in [2.45, 2.75) is 6.92 Å². The van der Waals surface area contributed by atoms with Crippen molar-refractivity contribution in [2.75, 3.05) is 7.11 Å². The Morgan fingerprint density at radius 2 is 2.14 bits per heavy atom. The number of methoxy groups -OCH3 is 1. The van der Waals surface area contributed by atoms with E-state index in [2.05, 4.69) is 6.58 Å². The molecule has 0 aromatic heterocycles. The van der Waals surface area contributed by atoms with Crippen LogP contribution in [-0.4, -0.2) is 12.9 Å². The standard InChI is InChI=1S/C11H12O3/c1-4-14-10-6-5-9(8(2)12)7-11(10)13-3/h4-7H,1H2,2-3H3. The molecule has 0 aliphatic rings. The van der Waals surface area contributed by atoms with Gasteiger partial charge in [-0.15, -0.1) is 0 Å². The number of benzene rings is 1. The van der Waals surface area contributed by atoms with E-state index in [-0.39, 0.29) is 5.78 Å². The summed E-state index contributed by atoms with van der Waals surface area (Å²) in [5, 5.41) is 0. The van der Waals surface area contributed by atoms with Crippen LogP contribution in [0.1, 0.15) is 17.3 Å². The lowest BCUT2D eigenvalue weighted by Gasteiger charge is -2.07. The molecule has 0 radical (unpaired) electrons. The molecule has 0 heterocycles. The van der Waals surface area contributed by atoms with E-state index >= 15 is 0 Å². The smallest absolute Gasteiger partial charge is 0.168 e. The second kappa shape index (κ2) is 4.46. The van der Waals surface area contributed by atoms with Gasteiger partial charge in [-0.3, -0.25) is 4.79 Å². The van der Waals surface area contributed by atoms with Crippen molar-refractivity contribution in [1.29, 1.82) is 0 Å². The molecular weight excluding hydrogens is 180 g/mol. The van der Waals surface area contributed by atoms with Crippen LogP contribution in [0.5, 0.6) is 11.5 Å². The zero-order valence-electron chi connectivity index (χ0n) is 8.24. The Morgan fingerprint density at radius 3 is 2.64 bits per heavy atom. The van der Waals surface area contributed by atoms with Gasteiger partial charge in [0.15, 0.2) is 17.3 Å². The average molecular weight is 192 g/mol. The first-order chi connectivity index (χ1) is 6.69. The Labute approximate surface area is 83.0 Å². The predicted molar refractivity (Wildman–Crippen MR) is 53.8 cm³/mol. The normalized spacial score (nSPS) is 9.29. The Bertz CT molecular complexity index is 356. The number of hydrogen-bond acceptors (Lipinski definition) is 3. The molecule has 0 amide bonds. The summed E-state index contributed by atoms with van der Waals surface area (Å²) in [5.41, 5.74) is 0.596. The van der Waals surface area contributed by atoms with Crippen LogP contribution < -0.4 is 9.47 Å². The van der Waals surface area contributed by atoms with Crippen LogP contribution in [0.2, 0.25) is 0 Å². The second-order valence-electron chi connectivity index (χ2n) is 2.71. The summed E-state index contributed by atoms with van der Waals surface area (Å²) in [7, 11) is 1.52. The third-order valence-corrected chi connectivity index (χ3v) is 1.78. The maximum absolute atomic E-state index is 11.1. The lowest BCUT2D eigenvalue weighted by molar-refractivity contribution is 0.101. The zero-order valence-corrected chi connectivity index (χ0v) is 8.24. The van der Waals surface area contributed by atoms with E-state index in [4.69, 9.17) is 9.47 Å². The summed E-state index contributed by atoms with van der Waals surface area (Å²) in [6.07, 6.45) is 1.31. The highest BCUT2D eigenvalue weighted by Crippen LogP contribution is 2.28. The van der Waals surface area contributed by atoms with Gasteiger partial charge >= 0.3 is 0 Å². The molecule has 0 fully saturated rings. The van der Waals surface area contributed by atoms with Gasteiger partial charge in [-0.1, -0.05) is 6.58 Å². The number of carbonyl (C=O) groups excluding carboxylic acids is 1. The number of rotatable bonds is 4. The SMILES string of the molecule is C=COc1ccc(C(C)=O)cc1OC. The molecule has 1 rings (SSSR count). The van der Waals surface area contributed by atoms with Gasteiger partial charge in [-0.25, -0.2) is 0 Å². The van der Waals surface area contributed by atoms with Crippen LogP contribution in [0, 0.1) is 0 Å². The highest BCUT2D eigenvalue weighted by Gasteiger charge is 2.06. The summed E-state index contributed by atoms with van der Waals surface area (Å²) >= 11 is 0. The molecule has 3 nitrogen and oxygen atoms in total. The molecule has 74 valence electrons. The zero-order chi connectivity index (χ0) is 10.6. The quantitative estimate of drug-likeness (QED) is 0.543. The van der Waals surface area contributed by atoms with Gasteiger partial charge < -0.3 is 9.47 Å². The van der Waals surface area contributed by atoms with E-state index in [1.54, 1.807) is 18.2 Å². The van der Waals surface area contributed by atoms with Crippen molar-refractivity contribution < 1.29 is 14.3 Å². The fraction of sp³-hybridized carbons (Fsp3) is 0.182. The predicted octanol–water partition coefficient (Wildman–Crippen LogP) is 2.42. The van der Waals surface area contributed by atoms with Crippen molar-refractivity contribution in [3.05, 3.63) is 36.6 Å². The van der Waals surface area contributed by atoms with Crippen LogP contribution in [0.25, 0.3) is 0 Å². The molecule has 1 aromatic carbocycles. The van der Waals surface area contributed by atoms with Crippen molar-refractivity contribution in [1.82, 2.24) is 0 Å². The highest BCUT2D eigenvalue weighted by atomic mass is 16.5. The summed E-state index contributed by atoms with van der Waals surface area (Å²) in [6.45, 7) is 4.95. The lowest BCUT2D eigenvalue weighted by Crippen LogP contribution is -1.95. The van der Waals surface area contributed by atoms with Gasteiger partial charge in [-0.05, 0) is 25.1 Å². The molecule has 0 aliphatic heterocycles. The van der Waals surface area contributed by atoms with Crippen LogP contribution in [0.3, 0.4) is 0 Å². The minimum absolute atomic E-state index is 0.00606. The van der Waals surface area contributed by atoms with Gasteiger partial charge in [0.05, 0.1) is 13.4 Å². The first-order valence-electron chi connectivity index (χ1n) is 4.15. The third-order valence-electron chi connectivity index (χ3n) is 1.78. The minimum Gasteiger partial charge on any atom is -0.493 e. The van der Waals surface area contributed by atoms with Gasteiger partial charge in [0, 0.05) is 5.56 Å². The van der Waals surface area contributed by atoms with E-state index in [0.717, 1.165) is 0 Å². The molecule has 0 N–H and O–H groups in total. The molecule has 0 saturated heterocycles. The van der Waals surface area contributed by atoms with E-state index in [0.29, 0.717) is 17.1 Å². The van der Waals surface area contributed by atoms with E-state index in [9.17, 15) is 4.79 Å². The maximum Gasteiger partial charge on any atom is 0.168 e. The van der Waals surface area contributed by atoms with Crippen LogP contribution in [0.4, 0.5) is 0 Å². The van der Waals surface area contributed by atoms with Crippen molar-refractivity contribution in [3.63, 3.8) is 0 Å². The number of carbonyl (C=O) groups is 1. The first-order valence-corrected chi connectivity index (χ1v) is 4.15. The molecule has 0 spiro atoms. The molecule has 0 unspecified atom stereocenters. The van der Waals surface area contributed by atoms with Crippen LogP contribution >= 0.6 is 0 Å². The van der Waals surface area contributed by atoms with Gasteiger partial charge in [0.2, 0.25) is 0 Å². The van der Waals surface area contributed by atoms with Crippen molar-refractivity contribution >= 4 is 5.78 Å². The Morgan fingerprint density at radius 1 is 1.43 bits per heavy atom. The van der Waals surface area contributed by atoms with Crippen molar-refractivity contribution in [3.8, 4) is 11.5 Å². The molecule has 14 heavy (non-hydrogen) atoms. The molecule has 0 saturated carbocycles. The second-order valence-corrected chi connectivity index (χ2v) is 2.71. The molecule has 3 heteroatoms. The topological polar surface area (TPSA) is 35.5 Å². The molecule has 0 bridgehead atoms. The summed E-state index contributed by atoms with van der Waals surface area (Å²) < 4.78 is 10.2. The summed E-state index contributed by atoms with van der Waals surface area (Å²) in [6, 6.07) is 5.00. The fourth-order valence-electron chi connectivity index (χ4n) is 1.07. The summed E-state index contributed by atoms with van der Waals surface area (Å²) in [4.78, 5) is 11.1. The third kappa shape index (κ3) is 2.13. The number of Topliss-reactive ketones (excluding diaryl/α,β-unsaturated/α-hetero) is 1. The number of ether oxygens (including phenoxy) is 2. The lowest BCUT2D eigenvalue weighted by atomic mass is 10.1. The van der Waals surface area contributed by atoms with Gasteiger partial charge in [-0.2, -0.15) is 0 Å². The molecular formula is C11H12O3. The van der Waals surface area contributed by atoms with E-state index < -0.39 is 0 Å². The Hall–Kier alpha value is -1.77. The summed E-state index contributed by atoms with van der Waals surface area (Å²) in [5.74, 6) is 1.07. The molecule has 0 aliphatic carbocycles. The minimum atomic E-state index is -0.00606. The molecule has 1 aromatic rings. The Kier molecular flexibility index (Phi) is 3.29. The average Bonchev–Trinajstić information content (AvgIpc) is 2.18. The first kappa shape index (κ1) is 10.3. The Balaban J connectivity index is 3.10. The van der Waals surface area contributed by atoms with Crippen LogP contribution in [0.15, 0.2) is 31.0 Å². The monoisotopic (exact) mass is 192 g/mol. The molecule has 0 atom stereocenters. The van der Waals surface area contributed by atoms with Crippen molar-refractivity contribution in [2.24, 2.45) is 0 Å². The maximum atomic E-state index is 11.1. The number of hydrogen-bond donors (Lipinski definition) is 0. The highest BCUT2D eigenvalue weighted by molar-refractivity contribution is 5.94. The van der Waals surface area contributed by atoms with Crippen LogP contribution in [-0.2, 0) is 0 Å². The van der Waals surface area contributed by atoms with E-state index in [1.165, 1.54) is 20.3 Å². The van der Waals surface area contributed by atoms with Gasteiger partial charge in [0.1, 0.15) is 0 Å². The number of ketones is 1. The van der Waals surface area contributed by atoms with E-state index in [1.807, 2.05) is 0 Å². The van der Waals surface area contributed by atoms with Gasteiger partial charge in [0.25, 0.3) is 0 Å².